The van der Waals surface area contributed by atoms with Crippen molar-refractivity contribution in [1.82, 2.24) is 0 Å². The van der Waals surface area contributed by atoms with Gasteiger partial charge in [-0.15, -0.1) is 0 Å². The molecule has 0 N–H and O–H groups in total. The third-order valence-electron chi connectivity index (χ3n) is 2.32. The topological polar surface area (TPSA) is 52.6 Å². The first-order valence-electron chi connectivity index (χ1n) is 3.94. The second-order valence-corrected chi connectivity index (χ2v) is 2.96. The van der Waals surface area contributed by atoms with Gasteiger partial charge in [-0.1, -0.05) is 12.2 Å². The number of fused-ring (bicyclic) bond motifs is 2. The molecule has 2 aliphatic rings. The van der Waals surface area contributed by atoms with Crippen LogP contribution in [-0.2, 0) is 19.1 Å². The van der Waals surface area contributed by atoms with Crippen LogP contribution in [0.25, 0.3) is 0 Å². The zero-order valence-corrected chi connectivity index (χ0v) is 7.02. The summed E-state index contributed by atoms with van der Waals surface area (Å²) in [6.45, 7) is 0. The predicted octanol–water partition coefficient (Wildman–Crippen LogP) is -0.129. The van der Waals surface area contributed by atoms with E-state index in [0.717, 1.165) is 0 Å². The SMILES string of the molecule is COC(=O)C1C(=C=O)C2C=CC1O2. The van der Waals surface area contributed by atoms with E-state index in [4.69, 9.17) is 4.74 Å². The molecule has 3 unspecified atom stereocenters. The highest BCUT2D eigenvalue weighted by Crippen LogP contribution is 2.37. The highest BCUT2D eigenvalue weighted by Gasteiger charge is 2.47. The number of hydrogen-bond donors (Lipinski definition) is 0. The van der Waals surface area contributed by atoms with Gasteiger partial charge in [-0.05, 0) is 0 Å². The first-order chi connectivity index (χ1) is 6.27. The molecule has 0 radical (unpaired) electrons. The lowest BCUT2D eigenvalue weighted by Gasteiger charge is -2.12. The van der Waals surface area contributed by atoms with Gasteiger partial charge in [-0.3, -0.25) is 4.79 Å². The van der Waals surface area contributed by atoms with E-state index in [0.29, 0.717) is 5.57 Å². The Kier molecular flexibility index (Phi) is 1.79. The molecular formula is C9H8O4. The molecule has 2 rings (SSSR count). The van der Waals surface area contributed by atoms with Gasteiger partial charge in [0.05, 0.1) is 18.8 Å². The van der Waals surface area contributed by atoms with Crippen LogP contribution in [0.2, 0.25) is 0 Å². The van der Waals surface area contributed by atoms with Crippen LogP contribution in [0.4, 0.5) is 0 Å². The van der Waals surface area contributed by atoms with Gasteiger partial charge in [0.15, 0.2) is 0 Å². The Bertz CT molecular complexity index is 325. The van der Waals surface area contributed by atoms with Gasteiger partial charge >= 0.3 is 5.97 Å². The number of rotatable bonds is 1. The number of methoxy groups -OCH3 is 1. The standard InChI is InChI=1S/C9H8O4/c1-12-9(11)8-5(4-10)6-2-3-7(8)13-6/h2-3,6-8H,1H3. The second-order valence-electron chi connectivity index (χ2n) is 2.96. The molecule has 4 heteroatoms. The molecule has 0 aliphatic carbocycles. The van der Waals surface area contributed by atoms with Gasteiger partial charge < -0.3 is 9.47 Å². The minimum Gasteiger partial charge on any atom is -0.468 e. The number of carbonyl (C=O) groups is 1. The number of esters is 1. The Morgan fingerprint density at radius 2 is 2.38 bits per heavy atom. The fraction of sp³-hybridized carbons (Fsp3) is 0.444. The summed E-state index contributed by atoms with van der Waals surface area (Å²) in [5, 5.41) is 0. The van der Waals surface area contributed by atoms with Crippen molar-refractivity contribution in [2.45, 2.75) is 12.2 Å². The van der Waals surface area contributed by atoms with Crippen LogP contribution in [0.15, 0.2) is 17.7 Å². The van der Waals surface area contributed by atoms with Crippen LogP contribution < -0.4 is 0 Å². The van der Waals surface area contributed by atoms with Crippen molar-refractivity contribution in [2.24, 2.45) is 5.92 Å². The molecule has 2 bridgehead atoms. The van der Waals surface area contributed by atoms with Crippen LogP contribution in [-0.4, -0.2) is 31.2 Å². The summed E-state index contributed by atoms with van der Waals surface area (Å²) in [6, 6.07) is 0. The van der Waals surface area contributed by atoms with Crippen molar-refractivity contribution in [1.29, 1.82) is 0 Å². The monoisotopic (exact) mass is 180 g/mol. The summed E-state index contributed by atoms with van der Waals surface area (Å²) < 4.78 is 9.87. The Morgan fingerprint density at radius 1 is 1.62 bits per heavy atom. The molecule has 1 fully saturated rings. The lowest BCUT2D eigenvalue weighted by atomic mass is 9.90. The molecule has 0 aromatic heterocycles. The van der Waals surface area contributed by atoms with Gasteiger partial charge in [0.25, 0.3) is 0 Å². The van der Waals surface area contributed by atoms with E-state index < -0.39 is 11.9 Å². The average molecular weight is 180 g/mol. The highest BCUT2D eigenvalue weighted by molar-refractivity contribution is 5.82. The lowest BCUT2D eigenvalue weighted by Crippen LogP contribution is -2.26. The van der Waals surface area contributed by atoms with Gasteiger partial charge in [-0.25, -0.2) is 4.79 Å². The molecule has 2 aliphatic heterocycles. The number of carbonyl (C=O) groups excluding carboxylic acids is 2. The molecule has 0 spiro atoms. The minimum absolute atomic E-state index is 0.339. The molecule has 0 aromatic rings. The smallest absolute Gasteiger partial charge is 0.316 e. The Morgan fingerprint density at radius 3 is 3.00 bits per heavy atom. The van der Waals surface area contributed by atoms with Crippen LogP contribution >= 0.6 is 0 Å². The van der Waals surface area contributed by atoms with E-state index in [9.17, 15) is 9.59 Å². The van der Waals surface area contributed by atoms with Gasteiger partial charge in [-0.2, -0.15) is 0 Å². The van der Waals surface area contributed by atoms with Crippen molar-refractivity contribution < 1.29 is 19.1 Å². The molecule has 0 aromatic carbocycles. The third kappa shape index (κ3) is 1.03. The van der Waals surface area contributed by atoms with Crippen LogP contribution in [0, 0.1) is 5.92 Å². The third-order valence-corrected chi connectivity index (χ3v) is 2.32. The second kappa shape index (κ2) is 2.83. The van der Waals surface area contributed by atoms with Crippen molar-refractivity contribution in [3.8, 4) is 0 Å². The fourth-order valence-electron chi connectivity index (χ4n) is 1.70. The van der Waals surface area contributed by atoms with Crippen molar-refractivity contribution in [2.75, 3.05) is 7.11 Å². The number of hydrogen-bond acceptors (Lipinski definition) is 4. The van der Waals surface area contributed by atoms with Gasteiger partial charge in [0, 0.05) is 0 Å². The molecule has 4 nitrogen and oxygen atoms in total. The summed E-state index contributed by atoms with van der Waals surface area (Å²) in [6.07, 6.45) is 2.82. The predicted molar refractivity (Wildman–Crippen MR) is 42.5 cm³/mol. The molecule has 0 saturated carbocycles. The quantitative estimate of drug-likeness (QED) is 0.320. The zero-order chi connectivity index (χ0) is 9.42. The Labute approximate surface area is 74.8 Å². The normalized spacial score (nSPS) is 34.8. The maximum absolute atomic E-state index is 11.2. The molecular weight excluding hydrogens is 172 g/mol. The van der Waals surface area contributed by atoms with Gasteiger partial charge in [0.2, 0.25) is 0 Å². The summed E-state index contributed by atoms with van der Waals surface area (Å²) in [5.41, 5.74) is 0.347. The van der Waals surface area contributed by atoms with E-state index in [1.807, 2.05) is 0 Å². The summed E-state index contributed by atoms with van der Waals surface area (Å²) in [4.78, 5) is 21.8. The molecule has 68 valence electrons. The largest absolute Gasteiger partial charge is 0.468 e. The average Bonchev–Trinajstić information content (AvgIpc) is 2.74. The van der Waals surface area contributed by atoms with Crippen LogP contribution in [0.5, 0.6) is 0 Å². The van der Waals surface area contributed by atoms with Crippen molar-refractivity contribution in [3.63, 3.8) is 0 Å². The highest BCUT2D eigenvalue weighted by atomic mass is 16.5. The first kappa shape index (κ1) is 8.23. The van der Waals surface area contributed by atoms with Crippen molar-refractivity contribution in [3.05, 3.63) is 17.7 Å². The summed E-state index contributed by atoms with van der Waals surface area (Å²) >= 11 is 0. The number of ether oxygens (including phenoxy) is 2. The zero-order valence-electron chi connectivity index (χ0n) is 7.02. The van der Waals surface area contributed by atoms with E-state index >= 15 is 0 Å². The van der Waals surface area contributed by atoms with Gasteiger partial charge in [0.1, 0.15) is 18.0 Å². The van der Waals surface area contributed by atoms with Crippen LogP contribution in [0.1, 0.15) is 0 Å². The summed E-state index contributed by atoms with van der Waals surface area (Å²) in [7, 11) is 1.29. The van der Waals surface area contributed by atoms with Crippen molar-refractivity contribution >= 4 is 11.9 Å². The lowest BCUT2D eigenvalue weighted by molar-refractivity contribution is -0.145. The van der Waals surface area contributed by atoms with E-state index in [-0.39, 0.29) is 12.2 Å². The first-order valence-corrected chi connectivity index (χ1v) is 3.94. The van der Waals surface area contributed by atoms with Crippen LogP contribution in [0.3, 0.4) is 0 Å². The molecule has 0 amide bonds. The molecule has 2 heterocycles. The maximum atomic E-state index is 11.2. The maximum Gasteiger partial charge on any atom is 0.316 e. The van der Waals surface area contributed by atoms with E-state index in [1.165, 1.54) is 7.11 Å². The molecule has 13 heavy (non-hydrogen) atoms. The minimum atomic E-state index is -0.586. The Balaban J connectivity index is 2.34. The fourth-order valence-corrected chi connectivity index (χ4v) is 1.70. The van der Waals surface area contributed by atoms with E-state index in [2.05, 4.69) is 4.74 Å². The summed E-state index contributed by atoms with van der Waals surface area (Å²) in [5.74, 6) is 0.730. The molecule has 1 saturated heterocycles. The molecule has 3 atom stereocenters. The Hall–Kier alpha value is -1.38. The van der Waals surface area contributed by atoms with E-state index in [1.54, 1.807) is 18.1 Å².